The van der Waals surface area contributed by atoms with E-state index in [9.17, 15) is 5.11 Å². The first-order valence-electron chi connectivity index (χ1n) is 6.92. The van der Waals surface area contributed by atoms with Crippen molar-refractivity contribution in [3.05, 3.63) is 22.4 Å². The predicted molar refractivity (Wildman–Crippen MR) is 79.2 cm³/mol. The van der Waals surface area contributed by atoms with Crippen molar-refractivity contribution < 1.29 is 5.11 Å². The molecule has 1 heterocycles. The molecule has 1 aromatic rings. The summed E-state index contributed by atoms with van der Waals surface area (Å²) in [6.07, 6.45) is 2.05. The topological polar surface area (TPSA) is 35.5 Å². The van der Waals surface area contributed by atoms with Gasteiger partial charge in [0.05, 0.1) is 0 Å². The van der Waals surface area contributed by atoms with E-state index < -0.39 is 0 Å². The number of aliphatic hydroxyl groups excluding tert-OH is 1. The highest BCUT2D eigenvalue weighted by atomic mass is 32.1. The van der Waals surface area contributed by atoms with E-state index in [0.29, 0.717) is 6.54 Å². The van der Waals surface area contributed by atoms with Crippen molar-refractivity contribution in [1.29, 1.82) is 0 Å². The minimum Gasteiger partial charge on any atom is -0.386 e. The molecular formula is C14H26N2OS. The Bertz CT molecular complexity index is 286. The minimum atomic E-state index is -0.354. The Kier molecular flexibility index (Phi) is 8.25. The maximum atomic E-state index is 9.87. The number of nitrogens with one attached hydrogen (secondary N) is 1. The lowest BCUT2D eigenvalue weighted by Crippen LogP contribution is -2.26. The zero-order valence-electron chi connectivity index (χ0n) is 11.6. The quantitative estimate of drug-likeness (QED) is 0.641. The third-order valence-electron chi connectivity index (χ3n) is 3.18. The van der Waals surface area contributed by atoms with Crippen LogP contribution in [-0.4, -0.2) is 42.7 Å². The van der Waals surface area contributed by atoms with Crippen molar-refractivity contribution in [2.45, 2.75) is 32.8 Å². The van der Waals surface area contributed by atoms with Gasteiger partial charge < -0.3 is 15.3 Å². The maximum Gasteiger partial charge on any atom is 0.101 e. The lowest BCUT2D eigenvalue weighted by molar-refractivity contribution is 0.178. The van der Waals surface area contributed by atoms with E-state index in [1.165, 1.54) is 19.4 Å². The summed E-state index contributed by atoms with van der Waals surface area (Å²) in [7, 11) is 0. The van der Waals surface area contributed by atoms with Gasteiger partial charge in [-0.3, -0.25) is 0 Å². The van der Waals surface area contributed by atoms with Crippen LogP contribution in [0.1, 0.15) is 37.7 Å². The average Bonchev–Trinajstić information content (AvgIpc) is 2.92. The fraction of sp³-hybridized carbons (Fsp3) is 0.714. The molecule has 0 spiro atoms. The highest BCUT2D eigenvalue weighted by Gasteiger charge is 2.07. The van der Waals surface area contributed by atoms with Crippen LogP contribution in [-0.2, 0) is 0 Å². The van der Waals surface area contributed by atoms with Gasteiger partial charge in [0.15, 0.2) is 0 Å². The third kappa shape index (κ3) is 5.96. The molecule has 0 aliphatic carbocycles. The second-order valence-electron chi connectivity index (χ2n) is 4.47. The molecule has 1 aromatic heterocycles. The molecule has 18 heavy (non-hydrogen) atoms. The number of thiophene rings is 1. The summed E-state index contributed by atoms with van der Waals surface area (Å²) < 4.78 is 0. The number of unbranched alkanes of at least 4 members (excludes halogenated alkanes) is 1. The van der Waals surface area contributed by atoms with Crippen LogP contribution in [0.25, 0.3) is 0 Å². The molecule has 0 saturated heterocycles. The fourth-order valence-electron chi connectivity index (χ4n) is 1.95. The van der Waals surface area contributed by atoms with Crippen LogP contribution in [0.15, 0.2) is 17.5 Å². The summed E-state index contributed by atoms with van der Waals surface area (Å²) in [4.78, 5) is 3.49. The zero-order chi connectivity index (χ0) is 13.2. The molecule has 0 amide bonds. The van der Waals surface area contributed by atoms with E-state index in [4.69, 9.17) is 0 Å². The van der Waals surface area contributed by atoms with Gasteiger partial charge in [-0.1, -0.05) is 19.9 Å². The fourth-order valence-corrected chi connectivity index (χ4v) is 2.66. The second-order valence-corrected chi connectivity index (χ2v) is 5.45. The Morgan fingerprint density at radius 2 is 2.11 bits per heavy atom. The van der Waals surface area contributed by atoms with E-state index in [0.717, 1.165) is 24.5 Å². The van der Waals surface area contributed by atoms with Gasteiger partial charge >= 0.3 is 0 Å². The molecule has 0 radical (unpaired) electrons. The van der Waals surface area contributed by atoms with Crippen LogP contribution in [0.3, 0.4) is 0 Å². The first-order valence-corrected chi connectivity index (χ1v) is 7.80. The SMILES string of the molecule is CCN(CC)CCCCNCC(O)c1cccs1. The van der Waals surface area contributed by atoms with E-state index in [1.54, 1.807) is 11.3 Å². The van der Waals surface area contributed by atoms with Crippen LogP contribution < -0.4 is 5.32 Å². The van der Waals surface area contributed by atoms with Crippen molar-refractivity contribution >= 4 is 11.3 Å². The maximum absolute atomic E-state index is 9.87. The van der Waals surface area contributed by atoms with Crippen LogP contribution >= 0.6 is 11.3 Å². The smallest absolute Gasteiger partial charge is 0.101 e. The monoisotopic (exact) mass is 270 g/mol. The minimum absolute atomic E-state index is 0.354. The highest BCUT2D eigenvalue weighted by molar-refractivity contribution is 7.10. The van der Waals surface area contributed by atoms with Gasteiger partial charge in [-0.05, 0) is 50.5 Å². The van der Waals surface area contributed by atoms with Crippen LogP contribution in [0, 0.1) is 0 Å². The van der Waals surface area contributed by atoms with Gasteiger partial charge in [0.2, 0.25) is 0 Å². The first-order chi connectivity index (χ1) is 8.77. The Hall–Kier alpha value is -0.420. The third-order valence-corrected chi connectivity index (χ3v) is 4.16. The Balaban J connectivity index is 1.99. The Morgan fingerprint density at radius 1 is 1.33 bits per heavy atom. The lowest BCUT2D eigenvalue weighted by atomic mass is 10.2. The zero-order valence-corrected chi connectivity index (χ0v) is 12.4. The molecule has 4 heteroatoms. The van der Waals surface area contributed by atoms with Gasteiger partial charge in [0.25, 0.3) is 0 Å². The predicted octanol–water partition coefficient (Wildman–Crippen LogP) is 2.49. The number of rotatable bonds is 10. The van der Waals surface area contributed by atoms with Gasteiger partial charge in [0.1, 0.15) is 6.10 Å². The molecule has 1 unspecified atom stereocenters. The molecule has 2 N–H and O–H groups in total. The summed E-state index contributed by atoms with van der Waals surface area (Å²) in [6.45, 7) is 9.53. The molecule has 104 valence electrons. The van der Waals surface area contributed by atoms with E-state index in [1.807, 2.05) is 17.5 Å². The molecule has 3 nitrogen and oxygen atoms in total. The van der Waals surface area contributed by atoms with Gasteiger partial charge in [-0.2, -0.15) is 0 Å². The molecule has 0 aliphatic rings. The molecule has 1 atom stereocenters. The van der Waals surface area contributed by atoms with E-state index >= 15 is 0 Å². The van der Waals surface area contributed by atoms with Crippen molar-refractivity contribution in [1.82, 2.24) is 10.2 Å². The normalized spacial score (nSPS) is 13.1. The van der Waals surface area contributed by atoms with Gasteiger partial charge in [-0.15, -0.1) is 11.3 Å². The largest absolute Gasteiger partial charge is 0.386 e. The van der Waals surface area contributed by atoms with E-state index in [-0.39, 0.29) is 6.10 Å². The lowest BCUT2D eigenvalue weighted by Gasteiger charge is -2.17. The van der Waals surface area contributed by atoms with E-state index in [2.05, 4.69) is 24.1 Å². The molecule has 1 rings (SSSR count). The Labute approximate surface area is 115 Å². The molecule has 0 fully saturated rings. The summed E-state index contributed by atoms with van der Waals surface area (Å²) in [5.74, 6) is 0. The second kappa shape index (κ2) is 9.50. The summed E-state index contributed by atoms with van der Waals surface area (Å²) in [6, 6.07) is 3.96. The molecular weight excluding hydrogens is 244 g/mol. The summed E-state index contributed by atoms with van der Waals surface area (Å²) >= 11 is 1.61. The van der Waals surface area contributed by atoms with Gasteiger partial charge in [0, 0.05) is 11.4 Å². The van der Waals surface area contributed by atoms with Crippen LogP contribution in [0.2, 0.25) is 0 Å². The molecule has 0 aliphatic heterocycles. The van der Waals surface area contributed by atoms with Crippen LogP contribution in [0.4, 0.5) is 0 Å². The number of nitrogens with zero attached hydrogens (tertiary/aromatic N) is 1. The van der Waals surface area contributed by atoms with Crippen molar-refractivity contribution in [3.8, 4) is 0 Å². The van der Waals surface area contributed by atoms with Crippen molar-refractivity contribution in [2.75, 3.05) is 32.7 Å². The van der Waals surface area contributed by atoms with Crippen molar-refractivity contribution in [2.24, 2.45) is 0 Å². The standard InChI is InChI=1S/C14H26N2OS/c1-3-16(4-2)10-6-5-9-15-12-13(17)14-8-7-11-18-14/h7-8,11,13,15,17H,3-6,9-10,12H2,1-2H3. The number of hydrogen-bond acceptors (Lipinski definition) is 4. The molecule has 0 aromatic carbocycles. The summed E-state index contributed by atoms with van der Waals surface area (Å²) in [5.41, 5.74) is 0. The number of hydrogen-bond donors (Lipinski definition) is 2. The summed E-state index contributed by atoms with van der Waals surface area (Å²) in [5, 5.41) is 15.2. The highest BCUT2D eigenvalue weighted by Crippen LogP contribution is 2.17. The van der Waals surface area contributed by atoms with Crippen LogP contribution in [0.5, 0.6) is 0 Å². The molecule has 0 bridgehead atoms. The van der Waals surface area contributed by atoms with Gasteiger partial charge in [-0.25, -0.2) is 0 Å². The first kappa shape index (κ1) is 15.6. The Morgan fingerprint density at radius 3 is 2.72 bits per heavy atom. The average molecular weight is 270 g/mol. The van der Waals surface area contributed by atoms with Crippen molar-refractivity contribution in [3.63, 3.8) is 0 Å². The molecule has 0 saturated carbocycles. The number of aliphatic hydroxyl groups is 1.